The van der Waals surface area contributed by atoms with Crippen LogP contribution in [0, 0.1) is 5.92 Å². The first-order valence-corrected chi connectivity index (χ1v) is 6.90. The predicted octanol–water partition coefficient (Wildman–Crippen LogP) is 4.14. The van der Waals surface area contributed by atoms with Gasteiger partial charge in [-0.25, -0.2) is 4.79 Å². The Morgan fingerprint density at radius 3 is 2.56 bits per heavy atom. The third-order valence-electron chi connectivity index (χ3n) is 2.98. The first kappa shape index (κ1) is 15.0. The van der Waals surface area contributed by atoms with Crippen molar-refractivity contribution in [3.63, 3.8) is 0 Å². The smallest absolute Gasteiger partial charge is 0.329 e. The zero-order valence-electron chi connectivity index (χ0n) is 11.0. The molecular weight excluding hydrogens is 294 g/mol. The van der Waals surface area contributed by atoms with E-state index in [1.807, 2.05) is 24.3 Å². The van der Waals surface area contributed by atoms with E-state index in [0.29, 0.717) is 12.3 Å². The van der Waals surface area contributed by atoms with Crippen molar-refractivity contribution in [3.05, 3.63) is 28.7 Å². The highest BCUT2D eigenvalue weighted by Gasteiger charge is 2.33. The Morgan fingerprint density at radius 1 is 1.44 bits per heavy atom. The molecule has 1 aromatic rings. The number of halogens is 1. The van der Waals surface area contributed by atoms with Crippen LogP contribution in [0.4, 0.5) is 5.69 Å². The second kappa shape index (κ2) is 6.23. The van der Waals surface area contributed by atoms with Gasteiger partial charge in [-0.05, 0) is 53.7 Å². The summed E-state index contributed by atoms with van der Waals surface area (Å²) in [5, 5.41) is 12.6. The fraction of sp³-hybridized carbons (Fsp3) is 0.500. The molecule has 0 radical (unpaired) electrons. The molecule has 0 aliphatic rings. The summed E-state index contributed by atoms with van der Waals surface area (Å²) < 4.78 is 0.877. The highest BCUT2D eigenvalue weighted by molar-refractivity contribution is 9.10. The molecule has 1 aromatic carbocycles. The molecule has 1 atom stereocenters. The van der Waals surface area contributed by atoms with Gasteiger partial charge >= 0.3 is 5.97 Å². The van der Waals surface area contributed by atoms with Crippen LogP contribution in [0.2, 0.25) is 0 Å². The van der Waals surface area contributed by atoms with Crippen molar-refractivity contribution in [3.8, 4) is 0 Å². The predicted molar refractivity (Wildman–Crippen MR) is 77.9 cm³/mol. The molecule has 18 heavy (non-hydrogen) atoms. The molecule has 0 heterocycles. The quantitative estimate of drug-likeness (QED) is 0.829. The maximum absolute atomic E-state index is 11.5. The van der Waals surface area contributed by atoms with Gasteiger partial charge in [-0.3, -0.25) is 0 Å². The Balaban J connectivity index is 2.86. The van der Waals surface area contributed by atoms with Gasteiger partial charge in [0, 0.05) is 10.2 Å². The molecule has 0 aliphatic heterocycles. The number of hydrogen-bond donors (Lipinski definition) is 2. The van der Waals surface area contributed by atoms with Gasteiger partial charge in [-0.2, -0.15) is 0 Å². The molecule has 100 valence electrons. The van der Waals surface area contributed by atoms with Gasteiger partial charge in [0.2, 0.25) is 0 Å². The van der Waals surface area contributed by atoms with Crippen molar-refractivity contribution in [2.45, 2.75) is 39.2 Å². The summed E-state index contributed by atoms with van der Waals surface area (Å²) in [6.07, 6.45) is 1.47. The molecule has 0 saturated carbocycles. The second-order valence-corrected chi connectivity index (χ2v) is 6.03. The molecule has 0 fully saturated rings. The standard InChI is InChI=1S/C14H20BrNO2/c1-10(2)8-9-14(3,13(17)18)16-12-7-5-4-6-11(12)15/h4-7,10,16H,8-9H2,1-3H3,(H,17,18). The van der Waals surface area contributed by atoms with Crippen LogP contribution < -0.4 is 5.32 Å². The first-order chi connectivity index (χ1) is 8.35. The van der Waals surface area contributed by atoms with Gasteiger partial charge in [0.05, 0.1) is 0 Å². The van der Waals surface area contributed by atoms with Gasteiger partial charge in [0.15, 0.2) is 0 Å². The Bertz CT molecular complexity index is 420. The van der Waals surface area contributed by atoms with Gasteiger partial charge in [-0.1, -0.05) is 26.0 Å². The molecule has 0 saturated heterocycles. The first-order valence-electron chi connectivity index (χ1n) is 6.11. The molecule has 0 amide bonds. The summed E-state index contributed by atoms with van der Waals surface area (Å²) >= 11 is 3.42. The number of nitrogens with one attached hydrogen (secondary N) is 1. The number of carbonyl (C=O) groups is 1. The molecule has 3 nitrogen and oxygen atoms in total. The van der Waals surface area contributed by atoms with Crippen LogP contribution in [0.5, 0.6) is 0 Å². The Labute approximate surface area is 117 Å². The SMILES string of the molecule is CC(C)CCC(C)(Nc1ccccc1Br)C(=O)O. The van der Waals surface area contributed by atoms with Crippen LogP contribution in [0.15, 0.2) is 28.7 Å². The number of benzene rings is 1. The minimum atomic E-state index is -0.936. The molecule has 0 spiro atoms. The van der Waals surface area contributed by atoms with E-state index in [-0.39, 0.29) is 0 Å². The van der Waals surface area contributed by atoms with E-state index in [2.05, 4.69) is 35.1 Å². The van der Waals surface area contributed by atoms with Crippen LogP contribution in [0.25, 0.3) is 0 Å². The number of hydrogen-bond acceptors (Lipinski definition) is 2. The third-order valence-corrected chi connectivity index (χ3v) is 3.67. The molecular formula is C14H20BrNO2. The van der Waals surface area contributed by atoms with E-state index in [4.69, 9.17) is 0 Å². The molecule has 1 unspecified atom stereocenters. The minimum absolute atomic E-state index is 0.490. The van der Waals surface area contributed by atoms with E-state index >= 15 is 0 Å². The molecule has 1 rings (SSSR count). The lowest BCUT2D eigenvalue weighted by molar-refractivity contribution is -0.142. The summed E-state index contributed by atoms with van der Waals surface area (Å²) in [6, 6.07) is 7.56. The highest BCUT2D eigenvalue weighted by atomic mass is 79.9. The zero-order valence-corrected chi connectivity index (χ0v) is 12.6. The van der Waals surface area contributed by atoms with Gasteiger partial charge < -0.3 is 10.4 Å². The zero-order chi connectivity index (χ0) is 13.8. The van der Waals surface area contributed by atoms with Crippen molar-refractivity contribution in [1.82, 2.24) is 0 Å². The van der Waals surface area contributed by atoms with E-state index < -0.39 is 11.5 Å². The van der Waals surface area contributed by atoms with Crippen molar-refractivity contribution in [2.75, 3.05) is 5.32 Å². The Morgan fingerprint density at radius 2 is 2.06 bits per heavy atom. The van der Waals surface area contributed by atoms with E-state index in [0.717, 1.165) is 16.6 Å². The average molecular weight is 314 g/mol. The normalized spacial score (nSPS) is 14.3. The lowest BCUT2D eigenvalue weighted by Crippen LogP contribution is -2.43. The fourth-order valence-electron chi connectivity index (χ4n) is 1.66. The topological polar surface area (TPSA) is 49.3 Å². The fourth-order valence-corrected chi connectivity index (χ4v) is 2.04. The largest absolute Gasteiger partial charge is 0.480 e. The number of rotatable bonds is 6. The molecule has 4 heteroatoms. The number of carboxylic acid groups (broad SMARTS) is 1. The molecule has 2 N–H and O–H groups in total. The number of carboxylic acids is 1. The maximum atomic E-state index is 11.5. The second-order valence-electron chi connectivity index (χ2n) is 5.17. The minimum Gasteiger partial charge on any atom is -0.480 e. The van der Waals surface area contributed by atoms with Gasteiger partial charge in [0.25, 0.3) is 0 Å². The van der Waals surface area contributed by atoms with E-state index in [1.54, 1.807) is 6.92 Å². The van der Waals surface area contributed by atoms with Gasteiger partial charge in [-0.15, -0.1) is 0 Å². The van der Waals surface area contributed by atoms with E-state index in [1.165, 1.54) is 0 Å². The van der Waals surface area contributed by atoms with Crippen LogP contribution >= 0.6 is 15.9 Å². The van der Waals surface area contributed by atoms with Crippen molar-refractivity contribution >= 4 is 27.6 Å². The highest BCUT2D eigenvalue weighted by Crippen LogP contribution is 2.28. The summed E-state index contributed by atoms with van der Waals surface area (Å²) in [5.41, 5.74) is -0.125. The lowest BCUT2D eigenvalue weighted by Gasteiger charge is -2.28. The Hall–Kier alpha value is -1.03. The number of anilines is 1. The van der Waals surface area contributed by atoms with Crippen molar-refractivity contribution in [2.24, 2.45) is 5.92 Å². The summed E-state index contributed by atoms with van der Waals surface area (Å²) in [4.78, 5) is 11.5. The molecule has 0 bridgehead atoms. The third kappa shape index (κ3) is 4.02. The maximum Gasteiger partial charge on any atom is 0.329 e. The van der Waals surface area contributed by atoms with Crippen molar-refractivity contribution in [1.29, 1.82) is 0 Å². The number of para-hydroxylation sites is 1. The summed E-state index contributed by atoms with van der Waals surface area (Å²) in [6.45, 7) is 5.93. The Kier molecular flexibility index (Phi) is 5.20. The molecule has 0 aliphatic carbocycles. The summed E-state index contributed by atoms with van der Waals surface area (Å²) in [7, 11) is 0. The van der Waals surface area contributed by atoms with Crippen LogP contribution in [-0.4, -0.2) is 16.6 Å². The lowest BCUT2D eigenvalue weighted by atomic mass is 9.91. The van der Waals surface area contributed by atoms with Crippen molar-refractivity contribution < 1.29 is 9.90 Å². The monoisotopic (exact) mass is 313 g/mol. The van der Waals surface area contributed by atoms with Crippen LogP contribution in [0.1, 0.15) is 33.6 Å². The number of aliphatic carboxylic acids is 1. The van der Waals surface area contributed by atoms with Gasteiger partial charge in [0.1, 0.15) is 5.54 Å². The van der Waals surface area contributed by atoms with Crippen LogP contribution in [0.3, 0.4) is 0 Å². The van der Waals surface area contributed by atoms with Crippen LogP contribution in [-0.2, 0) is 4.79 Å². The van der Waals surface area contributed by atoms with E-state index in [9.17, 15) is 9.90 Å². The molecule has 0 aromatic heterocycles. The average Bonchev–Trinajstić information content (AvgIpc) is 2.29. The summed E-state index contributed by atoms with van der Waals surface area (Å²) in [5.74, 6) is -0.330.